The molecule has 1 aromatic carbocycles. The molecule has 2 rings (SSSR count). The predicted octanol–water partition coefficient (Wildman–Crippen LogP) is 0.0268. The van der Waals surface area contributed by atoms with E-state index in [1.165, 1.54) is 28.6 Å². The lowest BCUT2D eigenvalue weighted by molar-refractivity contribution is 0.118. The van der Waals surface area contributed by atoms with Gasteiger partial charge in [-0.25, -0.2) is 13.6 Å². The Balaban J connectivity index is 1.97. The van der Waals surface area contributed by atoms with E-state index in [0.717, 1.165) is 12.8 Å². The molecule has 0 spiro atoms. The Labute approximate surface area is 143 Å². The van der Waals surface area contributed by atoms with Crippen LogP contribution in [-0.4, -0.2) is 47.9 Å². The molecule has 0 bridgehead atoms. The largest absolute Gasteiger partial charge is 0.384 e. The summed E-state index contributed by atoms with van der Waals surface area (Å²) in [5.41, 5.74) is 0.649. The Morgan fingerprint density at radius 3 is 2.50 bits per heavy atom. The molecule has 3 N–H and O–H groups in total. The first-order chi connectivity index (χ1) is 11.2. The van der Waals surface area contributed by atoms with E-state index >= 15 is 0 Å². The molecule has 0 radical (unpaired) electrons. The minimum atomic E-state index is -3.75. The number of nitrogens with one attached hydrogen (secondary N) is 1. The van der Waals surface area contributed by atoms with Gasteiger partial charge in [0.1, 0.15) is 0 Å². The van der Waals surface area contributed by atoms with Gasteiger partial charge in [-0.15, -0.1) is 0 Å². The van der Waals surface area contributed by atoms with Gasteiger partial charge >= 0.3 is 0 Å². The number of ether oxygens (including phenoxy) is 1. The Hall–Kier alpha value is -1.04. The van der Waals surface area contributed by atoms with Gasteiger partial charge in [0.2, 0.25) is 10.0 Å². The number of sulfonamides is 1. The lowest BCUT2D eigenvalue weighted by Crippen LogP contribution is -2.46. The van der Waals surface area contributed by atoms with Crippen molar-refractivity contribution in [3.05, 3.63) is 29.8 Å². The molecule has 10 heteroatoms. The molecular formula is C14H23N3O5S2. The molecule has 24 heavy (non-hydrogen) atoms. The Kier molecular flexibility index (Phi) is 6.34. The van der Waals surface area contributed by atoms with E-state index in [1.807, 2.05) is 0 Å². The van der Waals surface area contributed by atoms with Crippen molar-refractivity contribution in [2.24, 2.45) is 11.1 Å². The number of piperidine rings is 1. The van der Waals surface area contributed by atoms with Crippen LogP contribution in [0.1, 0.15) is 18.4 Å². The normalized spacial score (nSPS) is 20.2. The number of nitrogens with two attached hydrogens (primary N) is 1. The van der Waals surface area contributed by atoms with E-state index in [-0.39, 0.29) is 17.4 Å². The fourth-order valence-corrected chi connectivity index (χ4v) is 4.50. The van der Waals surface area contributed by atoms with Crippen molar-refractivity contribution in [2.45, 2.75) is 24.3 Å². The monoisotopic (exact) mass is 377 g/mol. The number of hydrogen-bond acceptors (Lipinski definition) is 5. The smallest absolute Gasteiger partial charge is 0.279 e. The molecule has 1 aliphatic rings. The summed E-state index contributed by atoms with van der Waals surface area (Å²) < 4.78 is 56.3. The highest BCUT2D eigenvalue weighted by Crippen LogP contribution is 2.19. The first-order valence-corrected chi connectivity index (χ1v) is 10.6. The maximum absolute atomic E-state index is 12.4. The third-order valence-electron chi connectivity index (χ3n) is 3.93. The maximum atomic E-state index is 12.4. The van der Waals surface area contributed by atoms with Crippen molar-refractivity contribution < 1.29 is 21.6 Å². The fraction of sp³-hybridized carbons (Fsp3) is 0.571. The van der Waals surface area contributed by atoms with Crippen molar-refractivity contribution in [1.82, 2.24) is 9.03 Å². The first-order valence-electron chi connectivity index (χ1n) is 7.58. The fourth-order valence-electron chi connectivity index (χ4n) is 2.68. The molecule has 0 aromatic heterocycles. The van der Waals surface area contributed by atoms with Gasteiger partial charge in [-0.1, -0.05) is 12.1 Å². The molecule has 136 valence electrons. The Morgan fingerprint density at radius 1 is 1.25 bits per heavy atom. The van der Waals surface area contributed by atoms with E-state index in [4.69, 9.17) is 9.88 Å². The standard InChI is InChI=1S/C14H23N3O5S2/c1-22-11-13-3-2-8-17(10-13)24(20,21)16-9-12-4-6-14(7-5-12)23(15,18)19/h4-7,13,16H,2-3,8-11H2,1H3,(H2,15,18,19). The number of primary sulfonamides is 1. The van der Waals surface area contributed by atoms with Crippen molar-refractivity contribution in [1.29, 1.82) is 0 Å². The van der Waals surface area contributed by atoms with E-state index in [9.17, 15) is 16.8 Å². The van der Waals surface area contributed by atoms with Gasteiger partial charge in [0, 0.05) is 26.7 Å². The van der Waals surface area contributed by atoms with Gasteiger partial charge in [-0.05, 0) is 36.5 Å². The molecular weight excluding hydrogens is 354 g/mol. The molecule has 1 aromatic rings. The van der Waals surface area contributed by atoms with Gasteiger partial charge in [-0.3, -0.25) is 0 Å². The molecule has 0 aliphatic carbocycles. The zero-order valence-electron chi connectivity index (χ0n) is 13.5. The highest BCUT2D eigenvalue weighted by molar-refractivity contribution is 7.89. The third-order valence-corrected chi connectivity index (χ3v) is 6.38. The van der Waals surface area contributed by atoms with Crippen LogP contribution in [-0.2, 0) is 31.5 Å². The molecule has 0 saturated carbocycles. The highest BCUT2D eigenvalue weighted by atomic mass is 32.2. The lowest BCUT2D eigenvalue weighted by Gasteiger charge is -2.31. The van der Waals surface area contributed by atoms with Crippen LogP contribution in [0, 0.1) is 5.92 Å². The second-order valence-corrected chi connectivity index (χ2v) is 9.15. The average molecular weight is 377 g/mol. The minimum absolute atomic E-state index is 0.00690. The Morgan fingerprint density at radius 2 is 1.92 bits per heavy atom. The first kappa shape index (κ1) is 19.3. The Bertz CT molecular complexity index is 745. The highest BCUT2D eigenvalue weighted by Gasteiger charge is 2.28. The van der Waals surface area contributed by atoms with Crippen LogP contribution in [0.15, 0.2) is 29.2 Å². The number of rotatable bonds is 7. The molecule has 1 fully saturated rings. The molecule has 1 aliphatic heterocycles. The van der Waals surface area contributed by atoms with E-state index in [1.54, 1.807) is 7.11 Å². The molecule has 1 atom stereocenters. The summed E-state index contributed by atoms with van der Waals surface area (Å²) in [6.07, 6.45) is 1.76. The molecule has 1 saturated heterocycles. The summed E-state index contributed by atoms with van der Waals surface area (Å²) in [5, 5.41) is 5.03. The van der Waals surface area contributed by atoms with Gasteiger partial charge in [0.15, 0.2) is 0 Å². The van der Waals surface area contributed by atoms with Crippen LogP contribution >= 0.6 is 0 Å². The van der Waals surface area contributed by atoms with Crippen LogP contribution in [0.4, 0.5) is 0 Å². The SMILES string of the molecule is COCC1CCCN(S(=O)(=O)NCc2ccc(S(N)(=O)=O)cc2)C1. The topological polar surface area (TPSA) is 119 Å². The van der Waals surface area contributed by atoms with Crippen LogP contribution in [0.2, 0.25) is 0 Å². The second kappa shape index (κ2) is 7.89. The molecule has 1 unspecified atom stereocenters. The van der Waals surface area contributed by atoms with Crippen LogP contribution in [0.3, 0.4) is 0 Å². The summed E-state index contributed by atoms with van der Waals surface area (Å²) in [7, 11) is -5.73. The van der Waals surface area contributed by atoms with Gasteiger partial charge in [0.25, 0.3) is 10.2 Å². The average Bonchev–Trinajstić information content (AvgIpc) is 2.53. The van der Waals surface area contributed by atoms with E-state index in [2.05, 4.69) is 4.72 Å². The van der Waals surface area contributed by atoms with Gasteiger partial charge < -0.3 is 4.74 Å². The summed E-state index contributed by atoms with van der Waals surface area (Å²) >= 11 is 0. The molecule has 1 heterocycles. The van der Waals surface area contributed by atoms with Crippen molar-refractivity contribution >= 4 is 20.2 Å². The maximum Gasteiger partial charge on any atom is 0.279 e. The van der Waals surface area contributed by atoms with E-state index < -0.39 is 20.2 Å². The number of benzene rings is 1. The quantitative estimate of drug-likeness (QED) is 0.695. The second-order valence-electron chi connectivity index (χ2n) is 5.84. The van der Waals surface area contributed by atoms with Crippen molar-refractivity contribution in [3.63, 3.8) is 0 Å². The summed E-state index contributed by atoms with van der Waals surface area (Å²) in [5.74, 6) is 0.203. The van der Waals surface area contributed by atoms with Gasteiger partial charge in [0.05, 0.1) is 11.5 Å². The predicted molar refractivity (Wildman–Crippen MR) is 89.7 cm³/mol. The summed E-state index contributed by atoms with van der Waals surface area (Å²) in [4.78, 5) is -0.00690. The van der Waals surface area contributed by atoms with Crippen LogP contribution < -0.4 is 9.86 Å². The van der Waals surface area contributed by atoms with E-state index in [0.29, 0.717) is 25.3 Å². The third kappa shape index (κ3) is 5.23. The number of nitrogens with zero attached hydrogens (tertiary/aromatic N) is 1. The molecule has 8 nitrogen and oxygen atoms in total. The minimum Gasteiger partial charge on any atom is -0.384 e. The lowest BCUT2D eigenvalue weighted by atomic mass is 10.0. The van der Waals surface area contributed by atoms with Crippen LogP contribution in [0.5, 0.6) is 0 Å². The zero-order chi connectivity index (χ0) is 17.8. The summed E-state index contributed by atoms with van der Waals surface area (Å²) in [6.45, 7) is 1.55. The number of hydrogen-bond donors (Lipinski definition) is 2. The van der Waals surface area contributed by atoms with Crippen LogP contribution in [0.25, 0.3) is 0 Å². The zero-order valence-corrected chi connectivity index (χ0v) is 15.1. The van der Waals surface area contributed by atoms with Gasteiger partial charge in [-0.2, -0.15) is 17.4 Å². The van der Waals surface area contributed by atoms with Crippen molar-refractivity contribution in [3.8, 4) is 0 Å². The van der Waals surface area contributed by atoms with Crippen molar-refractivity contribution in [2.75, 3.05) is 26.8 Å². The number of methoxy groups -OCH3 is 1. The molecule has 0 amide bonds. The summed E-state index contributed by atoms with van der Waals surface area (Å²) in [6, 6.07) is 5.78.